The van der Waals surface area contributed by atoms with Crippen LogP contribution in [0.4, 0.5) is 8.78 Å². The number of carbonyl (C=O) groups is 1. The van der Waals surface area contributed by atoms with Gasteiger partial charge in [-0.2, -0.15) is 0 Å². The molecule has 6 nitrogen and oxygen atoms in total. The van der Waals surface area contributed by atoms with Crippen LogP contribution in [0.5, 0.6) is 0 Å². The van der Waals surface area contributed by atoms with Gasteiger partial charge < -0.3 is 20.3 Å². The number of benzene rings is 3. The van der Waals surface area contributed by atoms with Gasteiger partial charge in [0.1, 0.15) is 16.5 Å². The minimum Gasteiger partial charge on any atom is -0.390 e. The Bertz CT molecular complexity index is 1710. The van der Waals surface area contributed by atoms with E-state index >= 15 is 0 Å². The van der Waals surface area contributed by atoms with Gasteiger partial charge in [0.15, 0.2) is 5.13 Å². The number of thiazole rings is 1. The van der Waals surface area contributed by atoms with Crippen molar-refractivity contribution in [3.05, 3.63) is 131 Å². The molecule has 0 bridgehead atoms. The maximum atomic E-state index is 14.1. The summed E-state index contributed by atoms with van der Waals surface area (Å²) in [5, 5.41) is 18.7. The molecule has 0 saturated heterocycles. The van der Waals surface area contributed by atoms with Gasteiger partial charge in [-0.1, -0.05) is 72.9 Å². The summed E-state index contributed by atoms with van der Waals surface area (Å²) in [6, 6.07) is 24.1. The van der Waals surface area contributed by atoms with E-state index in [1.54, 1.807) is 0 Å². The highest BCUT2D eigenvalue weighted by Crippen LogP contribution is 2.45. The fraction of sp³-hybridized carbons (Fsp3) is 0.257. The number of nitrogens with one attached hydrogen (secondary N) is 2. The molecule has 0 radical (unpaired) electrons. The van der Waals surface area contributed by atoms with E-state index < -0.39 is 29.7 Å². The maximum Gasteiger partial charge on any atom is 0.264 e. The molecule has 0 aliphatic heterocycles. The van der Waals surface area contributed by atoms with E-state index in [0.29, 0.717) is 21.3 Å². The van der Waals surface area contributed by atoms with Crippen LogP contribution in [0.2, 0.25) is 0 Å². The summed E-state index contributed by atoms with van der Waals surface area (Å²) in [4.78, 5) is 19.1. The van der Waals surface area contributed by atoms with Crippen molar-refractivity contribution < 1.29 is 18.7 Å². The molecule has 2 aromatic heterocycles. The Balaban J connectivity index is 1.27. The van der Waals surface area contributed by atoms with Gasteiger partial charge >= 0.3 is 0 Å². The van der Waals surface area contributed by atoms with Gasteiger partial charge in [0, 0.05) is 36.1 Å². The lowest BCUT2D eigenvalue weighted by Crippen LogP contribution is -2.50. The molecule has 44 heavy (non-hydrogen) atoms. The Morgan fingerprint density at radius 1 is 0.977 bits per heavy atom. The third-order valence-corrected chi connectivity index (χ3v) is 9.21. The van der Waals surface area contributed by atoms with Crippen molar-refractivity contribution in [1.82, 2.24) is 20.2 Å². The first-order chi connectivity index (χ1) is 21.3. The lowest BCUT2D eigenvalue weighted by Gasteiger charge is -2.27. The summed E-state index contributed by atoms with van der Waals surface area (Å²) < 4.78 is 30.1. The molecular weight excluding hydrogens is 578 g/mol. The van der Waals surface area contributed by atoms with Crippen LogP contribution in [0.1, 0.15) is 46.1 Å². The SMILES string of the molecule is CCc1cccc(C2(NC[C@@H](O)[C@H](Cc3cc(F)cc(F)c3)NC(=O)c3sc(-n4cccc4)nc3-c3ccccc3)CC2)c1. The van der Waals surface area contributed by atoms with E-state index in [1.165, 1.54) is 34.6 Å². The zero-order valence-electron chi connectivity index (χ0n) is 24.3. The van der Waals surface area contributed by atoms with Crippen LogP contribution >= 0.6 is 11.3 Å². The largest absolute Gasteiger partial charge is 0.390 e. The third-order valence-electron chi connectivity index (χ3n) is 8.14. The Morgan fingerprint density at radius 2 is 1.70 bits per heavy atom. The van der Waals surface area contributed by atoms with Crippen molar-refractivity contribution in [1.29, 1.82) is 0 Å². The Labute approximate surface area is 259 Å². The highest BCUT2D eigenvalue weighted by molar-refractivity contribution is 7.16. The van der Waals surface area contributed by atoms with Gasteiger partial charge in [0.25, 0.3) is 5.91 Å². The molecule has 1 fully saturated rings. The topological polar surface area (TPSA) is 79.2 Å². The quantitative estimate of drug-likeness (QED) is 0.152. The summed E-state index contributed by atoms with van der Waals surface area (Å²) in [5.41, 5.74) is 3.81. The number of carbonyl (C=O) groups excluding carboxylic acids is 1. The number of aromatic nitrogens is 2. The zero-order chi connectivity index (χ0) is 30.7. The fourth-order valence-electron chi connectivity index (χ4n) is 5.55. The molecule has 2 atom stereocenters. The van der Waals surface area contributed by atoms with Crippen LogP contribution in [0.3, 0.4) is 0 Å². The average molecular weight is 613 g/mol. The molecule has 1 amide bonds. The first kappa shape index (κ1) is 29.9. The van der Waals surface area contributed by atoms with E-state index in [9.17, 15) is 18.7 Å². The summed E-state index contributed by atoms with van der Waals surface area (Å²) in [7, 11) is 0. The molecule has 226 valence electrons. The van der Waals surface area contributed by atoms with Gasteiger partial charge in [0.05, 0.1) is 17.8 Å². The molecule has 3 N–H and O–H groups in total. The lowest BCUT2D eigenvalue weighted by atomic mass is 9.98. The van der Waals surface area contributed by atoms with Crippen molar-refractivity contribution in [3.8, 4) is 16.4 Å². The number of halogens is 2. The molecule has 5 aromatic rings. The average Bonchev–Trinajstić information content (AvgIpc) is 3.39. The summed E-state index contributed by atoms with van der Waals surface area (Å²) in [6.45, 7) is 2.30. The van der Waals surface area contributed by atoms with Crippen LogP contribution in [-0.4, -0.2) is 39.3 Å². The van der Waals surface area contributed by atoms with Gasteiger partial charge in [-0.15, -0.1) is 0 Å². The molecule has 3 aromatic carbocycles. The van der Waals surface area contributed by atoms with Crippen LogP contribution < -0.4 is 10.6 Å². The minimum absolute atomic E-state index is 0.0333. The van der Waals surface area contributed by atoms with Gasteiger partial charge in [-0.25, -0.2) is 13.8 Å². The zero-order valence-corrected chi connectivity index (χ0v) is 25.2. The van der Waals surface area contributed by atoms with Crippen molar-refractivity contribution in [2.75, 3.05) is 6.54 Å². The normalized spacial score (nSPS) is 15.1. The molecule has 9 heteroatoms. The van der Waals surface area contributed by atoms with Crippen LogP contribution in [0, 0.1) is 11.6 Å². The monoisotopic (exact) mass is 612 g/mol. The van der Waals surface area contributed by atoms with Crippen LogP contribution in [0.25, 0.3) is 16.4 Å². The Morgan fingerprint density at radius 3 is 2.39 bits per heavy atom. The first-order valence-corrected chi connectivity index (χ1v) is 15.6. The van der Waals surface area contributed by atoms with E-state index in [0.717, 1.165) is 30.9 Å². The maximum absolute atomic E-state index is 14.1. The second-order valence-electron chi connectivity index (χ2n) is 11.3. The lowest BCUT2D eigenvalue weighted by molar-refractivity contribution is 0.0826. The van der Waals surface area contributed by atoms with Crippen molar-refractivity contribution in [3.63, 3.8) is 0 Å². The second-order valence-corrected chi connectivity index (χ2v) is 12.3. The number of rotatable bonds is 12. The summed E-state index contributed by atoms with van der Waals surface area (Å²) >= 11 is 1.24. The molecule has 1 aliphatic carbocycles. The minimum atomic E-state index is -1.05. The molecular formula is C35H34F2N4O2S. The molecule has 1 saturated carbocycles. The number of nitrogens with zero attached hydrogens (tertiary/aromatic N) is 2. The molecule has 2 heterocycles. The number of aliphatic hydroxyl groups excluding tert-OH is 1. The summed E-state index contributed by atoms with van der Waals surface area (Å²) in [5.74, 6) is -1.84. The van der Waals surface area contributed by atoms with E-state index in [4.69, 9.17) is 4.98 Å². The van der Waals surface area contributed by atoms with Crippen LogP contribution in [0.15, 0.2) is 97.3 Å². The van der Waals surface area contributed by atoms with Gasteiger partial charge in [0.2, 0.25) is 0 Å². The number of aryl methyl sites for hydroxylation is 1. The number of aliphatic hydroxyl groups is 1. The van der Waals surface area contributed by atoms with E-state index in [1.807, 2.05) is 59.4 Å². The second kappa shape index (κ2) is 12.8. The van der Waals surface area contributed by atoms with E-state index in [-0.39, 0.29) is 18.5 Å². The number of hydrogen-bond acceptors (Lipinski definition) is 5. The van der Waals surface area contributed by atoms with Crippen molar-refractivity contribution >= 4 is 17.2 Å². The summed E-state index contributed by atoms with van der Waals surface area (Å²) in [6.07, 6.45) is 5.50. The fourth-order valence-corrected chi connectivity index (χ4v) is 6.51. The highest BCUT2D eigenvalue weighted by atomic mass is 32.1. The highest BCUT2D eigenvalue weighted by Gasteiger charge is 2.44. The number of hydrogen-bond donors (Lipinski definition) is 3. The van der Waals surface area contributed by atoms with Crippen LogP contribution in [-0.2, 0) is 18.4 Å². The molecule has 0 unspecified atom stereocenters. The third kappa shape index (κ3) is 6.65. The predicted molar refractivity (Wildman–Crippen MR) is 169 cm³/mol. The Kier molecular flexibility index (Phi) is 8.70. The van der Waals surface area contributed by atoms with Crippen molar-refractivity contribution in [2.45, 2.75) is 50.3 Å². The molecule has 0 spiro atoms. The van der Waals surface area contributed by atoms with Crippen molar-refractivity contribution in [2.24, 2.45) is 0 Å². The number of amides is 1. The van der Waals surface area contributed by atoms with E-state index in [2.05, 4.69) is 41.8 Å². The standard InChI is InChI=1S/C35H34F2N4O2S/c1-2-23-9-8-12-26(17-23)35(13-14-35)38-22-30(42)29(20-24-18-27(36)21-28(37)19-24)39-33(43)32-31(25-10-4-3-5-11-25)40-34(44-32)41-15-6-7-16-41/h3-12,15-19,21,29-30,38,42H,2,13-14,20,22H2,1H3,(H,39,43)/t29-,30+/m0/s1. The molecule has 1 aliphatic rings. The predicted octanol–water partition coefficient (Wildman–Crippen LogP) is 6.42. The molecule has 6 rings (SSSR count). The Hall–Kier alpha value is -4.18. The smallest absolute Gasteiger partial charge is 0.264 e. The van der Waals surface area contributed by atoms with Gasteiger partial charge in [-0.05, 0) is 66.6 Å². The van der Waals surface area contributed by atoms with Gasteiger partial charge in [-0.3, -0.25) is 4.79 Å². The first-order valence-electron chi connectivity index (χ1n) is 14.8.